The molecule has 0 atom stereocenters. The van der Waals surface area contributed by atoms with Crippen molar-refractivity contribution in [2.45, 2.75) is 55.2 Å². The summed E-state index contributed by atoms with van der Waals surface area (Å²) >= 11 is 1.84. The molecule has 0 amide bonds. The van der Waals surface area contributed by atoms with E-state index in [1.54, 1.807) is 12.3 Å². The van der Waals surface area contributed by atoms with Crippen LogP contribution in [0, 0.1) is 0 Å². The largest absolute Gasteiger partial charge is 0.460 e. The van der Waals surface area contributed by atoms with Gasteiger partial charge in [0.1, 0.15) is 5.60 Å². The molecule has 5 heteroatoms. The van der Waals surface area contributed by atoms with E-state index < -0.39 is 9.28 Å². The first kappa shape index (κ1) is 15.7. The Kier molecular flexibility index (Phi) is 4.37. The predicted octanol–water partition coefficient (Wildman–Crippen LogP) is 3.94. The topological polar surface area (TPSA) is 39.2 Å². The maximum atomic E-state index is 13.6. The van der Waals surface area contributed by atoms with Crippen molar-refractivity contribution in [3.8, 4) is 0 Å². The van der Waals surface area contributed by atoms with E-state index in [1.165, 1.54) is 0 Å². The van der Waals surface area contributed by atoms with Gasteiger partial charge in [0.25, 0.3) is 0 Å². The van der Waals surface area contributed by atoms with Crippen molar-refractivity contribution in [1.29, 1.82) is 0 Å². The minimum absolute atomic E-state index is 0.107. The molecule has 1 aromatic heterocycles. The molecule has 110 valence electrons. The average Bonchev–Trinajstić information content (AvgIpc) is 2.23. The Morgan fingerprint density at radius 3 is 2.75 bits per heavy atom. The second-order valence-electron chi connectivity index (χ2n) is 6.27. The molecule has 1 aliphatic rings. The fourth-order valence-corrected chi connectivity index (χ4v) is 3.42. The van der Waals surface area contributed by atoms with Crippen molar-refractivity contribution in [2.75, 3.05) is 0 Å². The maximum absolute atomic E-state index is 13.6. The molecule has 0 spiro atoms. The van der Waals surface area contributed by atoms with E-state index in [0.29, 0.717) is 12.8 Å². The van der Waals surface area contributed by atoms with Gasteiger partial charge in [0.2, 0.25) is 0 Å². The summed E-state index contributed by atoms with van der Waals surface area (Å²) in [5.74, 6) is -0.164. The number of hydrogen-bond acceptors (Lipinski definition) is 3. The molecular weight excluding hydrogens is 372 g/mol. The van der Waals surface area contributed by atoms with Crippen LogP contribution in [0.4, 0.5) is 4.39 Å². The summed E-state index contributed by atoms with van der Waals surface area (Å²) in [6.45, 7) is 5.53. The standard InChI is InChI=1S/C15H19FINO2/c1-14(2,3)20-12(19)7-10-5-4-6-18-13(10)11-8-15(16,17)9-11/h4-6,11H,7-9H2,1-3H3. The maximum Gasteiger partial charge on any atom is 0.310 e. The van der Waals surface area contributed by atoms with Gasteiger partial charge in [0.15, 0.2) is 3.68 Å². The summed E-state index contributed by atoms with van der Waals surface area (Å²) in [5.41, 5.74) is 1.19. The molecule has 0 bridgehead atoms. The highest BCUT2D eigenvalue weighted by molar-refractivity contribution is 14.1. The van der Waals surface area contributed by atoms with Crippen LogP contribution < -0.4 is 0 Å². The number of hydrogen-bond donors (Lipinski definition) is 0. The molecule has 0 N–H and O–H groups in total. The van der Waals surface area contributed by atoms with Crippen molar-refractivity contribution in [3.63, 3.8) is 0 Å². The number of alkyl halides is 2. The number of carbonyl (C=O) groups excluding carboxylic acids is 1. The monoisotopic (exact) mass is 391 g/mol. The summed E-state index contributed by atoms with van der Waals surface area (Å²) < 4.78 is 17.8. The van der Waals surface area contributed by atoms with Gasteiger partial charge in [0.05, 0.1) is 6.42 Å². The number of pyridine rings is 1. The summed E-state index contributed by atoms with van der Waals surface area (Å²) in [5, 5.41) is 0. The molecule has 0 aromatic carbocycles. The number of carbonyl (C=O) groups is 1. The van der Waals surface area contributed by atoms with E-state index >= 15 is 0 Å². The van der Waals surface area contributed by atoms with Gasteiger partial charge >= 0.3 is 5.97 Å². The summed E-state index contributed by atoms with van der Waals surface area (Å²) in [6.07, 6.45) is 2.81. The SMILES string of the molecule is CC(C)(C)OC(=O)Cc1cccnc1C1CC(F)(I)C1. The predicted molar refractivity (Wildman–Crippen MR) is 83.6 cm³/mol. The highest BCUT2D eigenvalue weighted by atomic mass is 127. The fourth-order valence-electron chi connectivity index (χ4n) is 2.36. The van der Waals surface area contributed by atoms with Gasteiger partial charge < -0.3 is 4.74 Å². The van der Waals surface area contributed by atoms with Gasteiger partial charge in [0, 0.05) is 17.8 Å². The smallest absolute Gasteiger partial charge is 0.310 e. The third-order valence-corrected chi connectivity index (χ3v) is 4.04. The van der Waals surface area contributed by atoms with Crippen molar-refractivity contribution in [2.24, 2.45) is 0 Å². The van der Waals surface area contributed by atoms with Gasteiger partial charge in [-0.15, -0.1) is 0 Å². The van der Waals surface area contributed by atoms with Crippen LogP contribution in [0.2, 0.25) is 0 Å². The molecule has 20 heavy (non-hydrogen) atoms. The van der Waals surface area contributed by atoms with E-state index in [2.05, 4.69) is 4.98 Å². The first-order chi connectivity index (χ1) is 9.16. The van der Waals surface area contributed by atoms with Crippen LogP contribution in [-0.2, 0) is 16.0 Å². The quantitative estimate of drug-likeness (QED) is 0.445. The van der Waals surface area contributed by atoms with E-state index in [-0.39, 0.29) is 18.3 Å². The normalized spacial score (nSPS) is 25.9. The van der Waals surface area contributed by atoms with Crippen LogP contribution >= 0.6 is 22.6 Å². The Morgan fingerprint density at radius 1 is 1.55 bits per heavy atom. The number of ether oxygens (including phenoxy) is 1. The molecule has 0 aliphatic heterocycles. The molecule has 0 unspecified atom stereocenters. The average molecular weight is 391 g/mol. The van der Waals surface area contributed by atoms with Gasteiger partial charge in [-0.2, -0.15) is 0 Å². The zero-order valence-electron chi connectivity index (χ0n) is 12.0. The summed E-state index contributed by atoms with van der Waals surface area (Å²) in [4.78, 5) is 16.2. The van der Waals surface area contributed by atoms with Gasteiger partial charge in [-0.25, -0.2) is 4.39 Å². The van der Waals surface area contributed by atoms with E-state index in [0.717, 1.165) is 11.3 Å². The summed E-state index contributed by atoms with van der Waals surface area (Å²) in [6, 6.07) is 3.67. The second-order valence-corrected chi connectivity index (χ2v) is 8.21. The lowest BCUT2D eigenvalue weighted by molar-refractivity contribution is -0.153. The Bertz CT molecular complexity index is 503. The zero-order chi connectivity index (χ0) is 15.0. The Hall–Kier alpha value is -0.720. The molecule has 1 aliphatic carbocycles. The molecule has 1 aromatic rings. The minimum atomic E-state index is -1.12. The molecule has 3 nitrogen and oxygen atoms in total. The molecule has 1 saturated carbocycles. The lowest BCUT2D eigenvalue weighted by atomic mass is 9.79. The van der Waals surface area contributed by atoms with Crippen molar-refractivity contribution in [3.05, 3.63) is 29.6 Å². The van der Waals surface area contributed by atoms with Gasteiger partial charge in [-0.1, -0.05) is 6.07 Å². The fraction of sp³-hybridized carbons (Fsp3) is 0.600. The van der Waals surface area contributed by atoms with Gasteiger partial charge in [-0.05, 0) is 67.8 Å². The third kappa shape index (κ3) is 4.14. The Morgan fingerprint density at radius 2 is 2.20 bits per heavy atom. The van der Waals surface area contributed by atoms with Gasteiger partial charge in [-0.3, -0.25) is 9.78 Å². The van der Waals surface area contributed by atoms with E-state index in [1.807, 2.05) is 49.4 Å². The Labute approximate surface area is 132 Å². The number of aromatic nitrogens is 1. The van der Waals surface area contributed by atoms with Crippen LogP contribution in [0.25, 0.3) is 0 Å². The Balaban J connectivity index is 2.07. The molecule has 0 saturated heterocycles. The lowest BCUT2D eigenvalue weighted by Crippen LogP contribution is -2.33. The molecule has 2 rings (SSSR count). The minimum Gasteiger partial charge on any atom is -0.460 e. The van der Waals surface area contributed by atoms with E-state index in [4.69, 9.17) is 4.74 Å². The first-order valence-electron chi connectivity index (χ1n) is 6.70. The molecule has 0 radical (unpaired) electrons. The van der Waals surface area contributed by atoms with Crippen molar-refractivity contribution < 1.29 is 13.9 Å². The van der Waals surface area contributed by atoms with Crippen LogP contribution in [0.15, 0.2) is 18.3 Å². The zero-order valence-corrected chi connectivity index (χ0v) is 14.1. The van der Waals surface area contributed by atoms with Crippen LogP contribution in [0.3, 0.4) is 0 Å². The summed E-state index contributed by atoms with van der Waals surface area (Å²) in [7, 11) is 0. The first-order valence-corrected chi connectivity index (χ1v) is 7.78. The number of rotatable bonds is 3. The number of esters is 1. The van der Waals surface area contributed by atoms with Crippen LogP contribution in [0.5, 0.6) is 0 Å². The number of nitrogens with zero attached hydrogens (tertiary/aromatic N) is 1. The lowest BCUT2D eigenvalue weighted by Gasteiger charge is -2.37. The van der Waals surface area contributed by atoms with E-state index in [9.17, 15) is 9.18 Å². The molecule has 1 heterocycles. The molecular formula is C15H19FINO2. The number of halogens is 2. The van der Waals surface area contributed by atoms with Crippen molar-refractivity contribution >= 4 is 28.6 Å². The van der Waals surface area contributed by atoms with Crippen molar-refractivity contribution in [1.82, 2.24) is 4.98 Å². The highest BCUT2D eigenvalue weighted by Gasteiger charge is 2.44. The second kappa shape index (κ2) is 5.58. The molecule has 1 fully saturated rings. The third-order valence-electron chi connectivity index (χ3n) is 3.16. The highest BCUT2D eigenvalue weighted by Crippen LogP contribution is 2.51. The van der Waals surface area contributed by atoms with Crippen LogP contribution in [-0.4, -0.2) is 20.2 Å². The van der Waals surface area contributed by atoms with Crippen LogP contribution in [0.1, 0.15) is 50.8 Å².